The zero-order valence-corrected chi connectivity index (χ0v) is 9.83. The zero-order chi connectivity index (χ0) is 11.3. The predicted molar refractivity (Wildman–Crippen MR) is 65.8 cm³/mol. The van der Waals surface area contributed by atoms with Crippen LogP contribution in [-0.2, 0) is 0 Å². The zero-order valence-electron chi connectivity index (χ0n) is 9.83. The molecule has 0 spiro atoms. The quantitative estimate of drug-likeness (QED) is 0.780. The van der Waals surface area contributed by atoms with Gasteiger partial charge in [-0.05, 0) is 37.8 Å². The summed E-state index contributed by atoms with van der Waals surface area (Å²) in [6, 6.07) is 6.10. The summed E-state index contributed by atoms with van der Waals surface area (Å²) in [6.45, 7) is 6.66. The molecule has 84 valence electrons. The van der Waals surface area contributed by atoms with Gasteiger partial charge in [0.25, 0.3) is 0 Å². The van der Waals surface area contributed by atoms with Crippen molar-refractivity contribution in [2.45, 2.75) is 39.7 Å². The largest absolute Gasteiger partial charge is 0.384 e. The van der Waals surface area contributed by atoms with Gasteiger partial charge in [-0.2, -0.15) is 0 Å². The van der Waals surface area contributed by atoms with Crippen molar-refractivity contribution in [2.75, 3.05) is 11.1 Å². The number of pyridine rings is 1. The molecule has 1 atom stereocenters. The van der Waals surface area contributed by atoms with E-state index < -0.39 is 0 Å². The van der Waals surface area contributed by atoms with Gasteiger partial charge in [-0.3, -0.25) is 0 Å². The van der Waals surface area contributed by atoms with Crippen molar-refractivity contribution < 1.29 is 0 Å². The molecule has 0 radical (unpaired) electrons. The molecule has 3 N–H and O–H groups in total. The lowest BCUT2D eigenvalue weighted by Gasteiger charge is -2.15. The van der Waals surface area contributed by atoms with E-state index in [0.717, 1.165) is 18.2 Å². The highest BCUT2D eigenvalue weighted by molar-refractivity contribution is 5.42. The summed E-state index contributed by atoms with van der Waals surface area (Å²) in [5.74, 6) is 2.19. The Hall–Kier alpha value is -1.25. The van der Waals surface area contributed by atoms with Crippen LogP contribution >= 0.6 is 0 Å². The molecule has 1 heterocycles. The molecule has 0 bridgehead atoms. The van der Waals surface area contributed by atoms with Crippen LogP contribution < -0.4 is 11.1 Å². The van der Waals surface area contributed by atoms with Gasteiger partial charge in [0.1, 0.15) is 11.6 Å². The SMILES string of the molecule is CC(C)CCC(C)Nc1cccc(N)n1. The molecule has 1 aromatic rings. The van der Waals surface area contributed by atoms with E-state index >= 15 is 0 Å². The Morgan fingerprint density at radius 3 is 2.60 bits per heavy atom. The number of nitrogens with two attached hydrogens (primary N) is 1. The van der Waals surface area contributed by atoms with Crippen LogP contribution in [0.15, 0.2) is 18.2 Å². The molecule has 0 aliphatic heterocycles. The second-order valence-electron chi connectivity index (χ2n) is 4.46. The molecule has 0 fully saturated rings. The summed E-state index contributed by atoms with van der Waals surface area (Å²) in [6.07, 6.45) is 2.39. The maximum Gasteiger partial charge on any atom is 0.128 e. The maximum absolute atomic E-state index is 5.61. The van der Waals surface area contributed by atoms with Gasteiger partial charge in [0.2, 0.25) is 0 Å². The summed E-state index contributed by atoms with van der Waals surface area (Å²) >= 11 is 0. The normalized spacial score (nSPS) is 12.8. The van der Waals surface area contributed by atoms with Crippen molar-refractivity contribution in [3.63, 3.8) is 0 Å². The third-order valence-electron chi connectivity index (χ3n) is 2.34. The number of rotatable bonds is 5. The van der Waals surface area contributed by atoms with E-state index in [1.165, 1.54) is 6.42 Å². The predicted octanol–water partition coefficient (Wildman–Crippen LogP) is 2.90. The molecular weight excluding hydrogens is 186 g/mol. The number of nitrogens with one attached hydrogen (secondary N) is 1. The van der Waals surface area contributed by atoms with Gasteiger partial charge in [0.15, 0.2) is 0 Å². The van der Waals surface area contributed by atoms with Gasteiger partial charge in [0.05, 0.1) is 0 Å². The van der Waals surface area contributed by atoms with Gasteiger partial charge < -0.3 is 11.1 Å². The van der Waals surface area contributed by atoms with Gasteiger partial charge in [0, 0.05) is 6.04 Å². The first-order valence-electron chi connectivity index (χ1n) is 5.57. The van der Waals surface area contributed by atoms with Crippen LogP contribution in [0.5, 0.6) is 0 Å². The van der Waals surface area contributed by atoms with E-state index in [2.05, 4.69) is 31.1 Å². The molecule has 0 aliphatic rings. The second kappa shape index (κ2) is 5.59. The van der Waals surface area contributed by atoms with E-state index in [4.69, 9.17) is 5.73 Å². The number of hydrogen-bond acceptors (Lipinski definition) is 3. The molecule has 15 heavy (non-hydrogen) atoms. The molecule has 3 nitrogen and oxygen atoms in total. The fourth-order valence-corrected chi connectivity index (χ4v) is 1.44. The molecule has 1 rings (SSSR count). The van der Waals surface area contributed by atoms with E-state index in [-0.39, 0.29) is 0 Å². The van der Waals surface area contributed by atoms with E-state index in [1.807, 2.05) is 12.1 Å². The topological polar surface area (TPSA) is 50.9 Å². The van der Waals surface area contributed by atoms with Crippen molar-refractivity contribution in [3.8, 4) is 0 Å². The second-order valence-corrected chi connectivity index (χ2v) is 4.46. The summed E-state index contributed by atoms with van der Waals surface area (Å²) in [7, 11) is 0. The molecular formula is C12H21N3. The van der Waals surface area contributed by atoms with Crippen molar-refractivity contribution in [3.05, 3.63) is 18.2 Å². The first-order chi connectivity index (χ1) is 7.08. The van der Waals surface area contributed by atoms with Gasteiger partial charge in [-0.1, -0.05) is 19.9 Å². The molecule has 1 aromatic heterocycles. The summed E-state index contributed by atoms with van der Waals surface area (Å²) in [5, 5.41) is 3.35. The maximum atomic E-state index is 5.61. The van der Waals surface area contributed by atoms with Gasteiger partial charge in [-0.15, -0.1) is 0 Å². The smallest absolute Gasteiger partial charge is 0.128 e. The fourth-order valence-electron chi connectivity index (χ4n) is 1.44. The minimum atomic E-state index is 0.446. The Kier molecular flexibility index (Phi) is 4.40. The van der Waals surface area contributed by atoms with Crippen molar-refractivity contribution in [1.82, 2.24) is 4.98 Å². The number of anilines is 2. The van der Waals surface area contributed by atoms with Crippen molar-refractivity contribution >= 4 is 11.6 Å². The number of nitrogens with zero attached hydrogens (tertiary/aromatic N) is 1. The molecule has 3 heteroatoms. The first-order valence-corrected chi connectivity index (χ1v) is 5.57. The Labute approximate surface area is 92.1 Å². The average Bonchev–Trinajstić information content (AvgIpc) is 2.15. The summed E-state index contributed by atoms with van der Waals surface area (Å²) in [4.78, 5) is 4.21. The van der Waals surface area contributed by atoms with Crippen LogP contribution in [0.2, 0.25) is 0 Å². The Balaban J connectivity index is 2.40. The lowest BCUT2D eigenvalue weighted by atomic mass is 10.0. The monoisotopic (exact) mass is 207 g/mol. The van der Waals surface area contributed by atoms with Crippen LogP contribution in [0.1, 0.15) is 33.6 Å². The molecule has 0 saturated carbocycles. The third-order valence-corrected chi connectivity index (χ3v) is 2.34. The lowest BCUT2D eigenvalue weighted by Crippen LogP contribution is -2.16. The van der Waals surface area contributed by atoms with Crippen LogP contribution in [0.3, 0.4) is 0 Å². The average molecular weight is 207 g/mol. The summed E-state index contributed by atoms with van der Waals surface area (Å²) in [5.41, 5.74) is 5.61. The molecule has 0 saturated heterocycles. The van der Waals surface area contributed by atoms with Crippen molar-refractivity contribution in [1.29, 1.82) is 0 Å². The molecule has 0 aromatic carbocycles. The number of hydrogen-bond donors (Lipinski definition) is 2. The summed E-state index contributed by atoms with van der Waals surface area (Å²) < 4.78 is 0. The number of aromatic nitrogens is 1. The highest BCUT2D eigenvalue weighted by Gasteiger charge is 2.04. The molecule has 0 amide bonds. The van der Waals surface area contributed by atoms with Gasteiger partial charge >= 0.3 is 0 Å². The minimum Gasteiger partial charge on any atom is -0.384 e. The van der Waals surface area contributed by atoms with Crippen LogP contribution in [0.25, 0.3) is 0 Å². The molecule has 0 aliphatic carbocycles. The first kappa shape index (κ1) is 11.8. The standard InChI is InChI=1S/C12H21N3/c1-9(2)7-8-10(3)14-12-6-4-5-11(13)15-12/h4-6,9-10H,7-8H2,1-3H3,(H3,13,14,15). The van der Waals surface area contributed by atoms with Crippen LogP contribution in [-0.4, -0.2) is 11.0 Å². The fraction of sp³-hybridized carbons (Fsp3) is 0.583. The highest BCUT2D eigenvalue weighted by Crippen LogP contribution is 2.12. The third kappa shape index (κ3) is 4.68. The van der Waals surface area contributed by atoms with Crippen LogP contribution in [0.4, 0.5) is 11.6 Å². The van der Waals surface area contributed by atoms with Crippen molar-refractivity contribution in [2.24, 2.45) is 5.92 Å². The van der Waals surface area contributed by atoms with E-state index in [0.29, 0.717) is 11.9 Å². The lowest BCUT2D eigenvalue weighted by molar-refractivity contribution is 0.527. The van der Waals surface area contributed by atoms with Gasteiger partial charge in [-0.25, -0.2) is 4.98 Å². The highest BCUT2D eigenvalue weighted by atomic mass is 15.0. The molecule has 1 unspecified atom stereocenters. The van der Waals surface area contributed by atoms with E-state index in [9.17, 15) is 0 Å². The Morgan fingerprint density at radius 1 is 1.27 bits per heavy atom. The number of nitrogen functional groups attached to an aromatic ring is 1. The Bertz CT molecular complexity index is 297. The van der Waals surface area contributed by atoms with E-state index in [1.54, 1.807) is 6.07 Å². The Morgan fingerprint density at radius 2 is 2.00 bits per heavy atom. The minimum absolute atomic E-state index is 0.446. The van der Waals surface area contributed by atoms with Crippen LogP contribution in [0, 0.1) is 5.92 Å².